The summed E-state index contributed by atoms with van der Waals surface area (Å²) in [5.41, 5.74) is 0. The second-order valence-electron chi connectivity index (χ2n) is 5.09. The van der Waals surface area contributed by atoms with E-state index in [1.165, 1.54) is 0 Å². The Morgan fingerprint density at radius 2 is 2.38 bits per heavy atom. The fourth-order valence-electron chi connectivity index (χ4n) is 2.53. The zero-order valence-electron chi connectivity index (χ0n) is 11.7. The third-order valence-corrected chi connectivity index (χ3v) is 3.85. The van der Waals surface area contributed by atoms with Gasteiger partial charge in [-0.2, -0.15) is 4.98 Å². The van der Waals surface area contributed by atoms with Gasteiger partial charge in [-0.25, -0.2) is 0 Å². The molecule has 1 aliphatic heterocycles. The van der Waals surface area contributed by atoms with Crippen LogP contribution in [0.3, 0.4) is 0 Å². The average molecular weight is 310 g/mol. The Hall–Kier alpha value is -1.82. The second kappa shape index (κ2) is 5.89. The highest BCUT2D eigenvalue weighted by molar-refractivity contribution is 6.29. The summed E-state index contributed by atoms with van der Waals surface area (Å²) >= 11 is 5.72. The Morgan fingerprint density at radius 3 is 3.05 bits per heavy atom. The number of aryl methyl sites for hydroxylation is 1. The fraction of sp³-hybridized carbons (Fsp3) is 0.500. The quantitative estimate of drug-likeness (QED) is 0.871. The molecule has 1 fully saturated rings. The summed E-state index contributed by atoms with van der Waals surface area (Å²) in [5, 5.41) is 4.23. The lowest BCUT2D eigenvalue weighted by molar-refractivity contribution is 0.0671. The SMILES string of the molecule is CCc1nc(C2CCCN(C(=O)c3ccc(Cl)o3)C2)no1. The molecular formula is C14H16ClN3O3. The van der Waals surface area contributed by atoms with Crippen molar-refractivity contribution in [2.24, 2.45) is 0 Å². The smallest absolute Gasteiger partial charge is 0.289 e. The third-order valence-electron chi connectivity index (χ3n) is 3.64. The Kier molecular flexibility index (Phi) is 3.96. The standard InChI is InChI=1S/C14H16ClN3O3/c1-2-12-16-13(17-21-12)9-4-3-7-18(8-9)14(19)10-5-6-11(15)20-10/h5-6,9H,2-4,7-8H2,1H3. The number of hydrogen-bond acceptors (Lipinski definition) is 5. The maximum Gasteiger partial charge on any atom is 0.289 e. The van der Waals surface area contributed by atoms with Crippen molar-refractivity contribution in [1.29, 1.82) is 0 Å². The number of furan rings is 1. The highest BCUT2D eigenvalue weighted by Gasteiger charge is 2.29. The van der Waals surface area contributed by atoms with Gasteiger partial charge in [0.2, 0.25) is 5.89 Å². The van der Waals surface area contributed by atoms with Gasteiger partial charge in [0.1, 0.15) is 0 Å². The van der Waals surface area contributed by atoms with E-state index in [-0.39, 0.29) is 22.8 Å². The molecule has 0 aliphatic carbocycles. The van der Waals surface area contributed by atoms with Crippen molar-refractivity contribution in [1.82, 2.24) is 15.0 Å². The summed E-state index contributed by atoms with van der Waals surface area (Å²) in [6.07, 6.45) is 2.57. The van der Waals surface area contributed by atoms with Crippen LogP contribution in [0, 0.1) is 0 Å². The maximum absolute atomic E-state index is 12.4. The normalized spacial score (nSPS) is 19.0. The topological polar surface area (TPSA) is 72.4 Å². The molecule has 1 atom stereocenters. The number of carbonyl (C=O) groups excluding carboxylic acids is 1. The van der Waals surface area contributed by atoms with Crippen LogP contribution >= 0.6 is 11.6 Å². The van der Waals surface area contributed by atoms with Crippen LogP contribution in [0.5, 0.6) is 0 Å². The van der Waals surface area contributed by atoms with Crippen molar-refractivity contribution in [3.63, 3.8) is 0 Å². The molecule has 3 heterocycles. The molecule has 1 aliphatic rings. The molecule has 1 saturated heterocycles. The number of carbonyl (C=O) groups is 1. The largest absolute Gasteiger partial charge is 0.440 e. The molecule has 0 saturated carbocycles. The molecule has 0 spiro atoms. The van der Waals surface area contributed by atoms with Gasteiger partial charge in [0.15, 0.2) is 16.8 Å². The van der Waals surface area contributed by atoms with Crippen LogP contribution < -0.4 is 0 Å². The first kappa shape index (κ1) is 14.1. The fourth-order valence-corrected chi connectivity index (χ4v) is 2.68. The van der Waals surface area contributed by atoms with E-state index >= 15 is 0 Å². The summed E-state index contributed by atoms with van der Waals surface area (Å²) < 4.78 is 10.3. The van der Waals surface area contributed by atoms with Crippen molar-refractivity contribution in [3.8, 4) is 0 Å². The van der Waals surface area contributed by atoms with Crippen LogP contribution in [0.15, 0.2) is 21.1 Å². The molecule has 2 aromatic rings. The minimum Gasteiger partial charge on any atom is -0.440 e. The monoisotopic (exact) mass is 309 g/mol. The average Bonchev–Trinajstić information content (AvgIpc) is 3.15. The molecule has 3 rings (SSSR count). The van der Waals surface area contributed by atoms with Gasteiger partial charge in [0.05, 0.1) is 0 Å². The number of halogens is 1. The minimum absolute atomic E-state index is 0.109. The van der Waals surface area contributed by atoms with Crippen molar-refractivity contribution in [2.45, 2.75) is 32.1 Å². The van der Waals surface area contributed by atoms with Crippen molar-refractivity contribution < 1.29 is 13.7 Å². The van der Waals surface area contributed by atoms with E-state index < -0.39 is 0 Å². The van der Waals surface area contributed by atoms with Crippen LogP contribution in [0.2, 0.25) is 5.22 Å². The van der Waals surface area contributed by atoms with Gasteiger partial charge in [-0.15, -0.1) is 0 Å². The van der Waals surface area contributed by atoms with Gasteiger partial charge in [-0.3, -0.25) is 4.79 Å². The zero-order chi connectivity index (χ0) is 14.8. The molecule has 7 heteroatoms. The first-order chi connectivity index (χ1) is 10.2. The third kappa shape index (κ3) is 2.95. The summed E-state index contributed by atoms with van der Waals surface area (Å²) in [4.78, 5) is 18.5. The Labute approximate surface area is 127 Å². The number of aromatic nitrogens is 2. The maximum atomic E-state index is 12.4. The number of hydrogen-bond donors (Lipinski definition) is 0. The lowest BCUT2D eigenvalue weighted by Crippen LogP contribution is -2.39. The van der Waals surface area contributed by atoms with Gasteiger partial charge in [0.25, 0.3) is 5.91 Å². The van der Waals surface area contributed by atoms with Crippen molar-refractivity contribution >= 4 is 17.5 Å². The lowest BCUT2D eigenvalue weighted by atomic mass is 9.97. The molecule has 1 amide bonds. The van der Waals surface area contributed by atoms with E-state index in [1.807, 2.05) is 6.92 Å². The highest BCUT2D eigenvalue weighted by atomic mass is 35.5. The van der Waals surface area contributed by atoms with E-state index in [4.69, 9.17) is 20.5 Å². The number of amides is 1. The van der Waals surface area contributed by atoms with Crippen molar-refractivity contribution in [3.05, 3.63) is 34.8 Å². The zero-order valence-corrected chi connectivity index (χ0v) is 12.5. The van der Waals surface area contributed by atoms with Gasteiger partial charge >= 0.3 is 0 Å². The lowest BCUT2D eigenvalue weighted by Gasteiger charge is -2.30. The van der Waals surface area contributed by atoms with E-state index in [9.17, 15) is 4.79 Å². The second-order valence-corrected chi connectivity index (χ2v) is 5.47. The minimum atomic E-state index is -0.147. The van der Waals surface area contributed by atoms with E-state index in [0.29, 0.717) is 31.2 Å². The number of rotatable bonds is 3. The van der Waals surface area contributed by atoms with Crippen LogP contribution in [0.1, 0.15) is 48.0 Å². The number of nitrogens with zero attached hydrogens (tertiary/aromatic N) is 3. The van der Waals surface area contributed by atoms with Gasteiger partial charge in [0, 0.05) is 25.4 Å². The molecule has 1 unspecified atom stereocenters. The molecular weight excluding hydrogens is 294 g/mol. The van der Waals surface area contributed by atoms with E-state index in [1.54, 1.807) is 17.0 Å². The van der Waals surface area contributed by atoms with Crippen LogP contribution in [-0.4, -0.2) is 34.0 Å². The Bertz CT molecular complexity index is 637. The molecule has 0 radical (unpaired) electrons. The van der Waals surface area contributed by atoms with Crippen LogP contribution in [0.4, 0.5) is 0 Å². The molecule has 112 valence electrons. The van der Waals surface area contributed by atoms with E-state index in [2.05, 4.69) is 10.1 Å². The summed E-state index contributed by atoms with van der Waals surface area (Å²) in [6.45, 7) is 3.24. The molecule has 2 aromatic heterocycles. The summed E-state index contributed by atoms with van der Waals surface area (Å²) in [6, 6.07) is 3.17. The molecule has 21 heavy (non-hydrogen) atoms. The molecule has 0 bridgehead atoms. The summed E-state index contributed by atoms with van der Waals surface area (Å²) in [5.74, 6) is 1.54. The van der Waals surface area contributed by atoms with Crippen LogP contribution in [-0.2, 0) is 6.42 Å². The van der Waals surface area contributed by atoms with Gasteiger partial charge in [-0.05, 0) is 36.6 Å². The molecule has 0 N–H and O–H groups in total. The molecule has 0 aromatic carbocycles. The van der Waals surface area contributed by atoms with Gasteiger partial charge < -0.3 is 13.8 Å². The first-order valence-electron chi connectivity index (χ1n) is 7.04. The van der Waals surface area contributed by atoms with Crippen LogP contribution in [0.25, 0.3) is 0 Å². The Balaban J connectivity index is 1.72. The van der Waals surface area contributed by atoms with Gasteiger partial charge in [-0.1, -0.05) is 12.1 Å². The predicted molar refractivity (Wildman–Crippen MR) is 75.3 cm³/mol. The number of piperidine rings is 1. The van der Waals surface area contributed by atoms with Crippen molar-refractivity contribution in [2.75, 3.05) is 13.1 Å². The first-order valence-corrected chi connectivity index (χ1v) is 7.42. The van der Waals surface area contributed by atoms with E-state index in [0.717, 1.165) is 12.8 Å². The molecule has 6 nitrogen and oxygen atoms in total. The highest BCUT2D eigenvalue weighted by Crippen LogP contribution is 2.26. The Morgan fingerprint density at radius 1 is 1.52 bits per heavy atom. The number of likely N-dealkylation sites (tertiary alicyclic amines) is 1. The predicted octanol–water partition coefficient (Wildman–Crippen LogP) is 2.90. The summed E-state index contributed by atoms with van der Waals surface area (Å²) in [7, 11) is 0.